The third-order valence-corrected chi connectivity index (χ3v) is 9.08. The highest BCUT2D eigenvalue weighted by atomic mass is 19.1. The molecular formula is C31H40FN3O4. The maximum absolute atomic E-state index is 14.4. The second-order valence-electron chi connectivity index (χ2n) is 11.9. The van der Waals surface area contributed by atoms with Crippen LogP contribution in [0.1, 0.15) is 85.9 Å². The molecule has 0 radical (unpaired) electrons. The fraction of sp³-hybridized carbons (Fsp3) is 0.613. The van der Waals surface area contributed by atoms with Crippen molar-refractivity contribution in [3.8, 4) is 0 Å². The Morgan fingerprint density at radius 2 is 2.13 bits per heavy atom. The molecule has 2 unspecified atom stereocenters. The number of hydrogen-bond donors (Lipinski definition) is 2. The van der Waals surface area contributed by atoms with Gasteiger partial charge < -0.3 is 19.9 Å². The molecular weight excluding hydrogens is 497 g/mol. The van der Waals surface area contributed by atoms with E-state index in [2.05, 4.69) is 17.4 Å². The van der Waals surface area contributed by atoms with Crippen LogP contribution in [0.15, 0.2) is 30.3 Å². The van der Waals surface area contributed by atoms with Crippen molar-refractivity contribution in [2.45, 2.75) is 82.5 Å². The van der Waals surface area contributed by atoms with Crippen LogP contribution < -0.4 is 5.32 Å². The van der Waals surface area contributed by atoms with Gasteiger partial charge in [0.1, 0.15) is 17.7 Å². The maximum Gasteiger partial charge on any atom is 0.325 e. The standard InChI is InChI=1S/C31H40FN3O4/c32-22-7-9-25(27-10-12-31(13-14-31)20-39-27)26(18-22)28(30(36)37)35-16-11-24(19-35)38-17-2-1-5-23-8-6-21-4-3-15-33-29(21)34-23/h6-9,18,24,27-28H,1-5,10-17,19-20H2,(H,33,34)(H,36,37)/t24-,27?,28?/m1/s1. The Kier molecular flexibility index (Phi) is 7.87. The fourth-order valence-corrected chi connectivity index (χ4v) is 6.54. The minimum Gasteiger partial charge on any atom is -0.480 e. The molecule has 1 saturated carbocycles. The van der Waals surface area contributed by atoms with E-state index in [9.17, 15) is 14.3 Å². The van der Waals surface area contributed by atoms with E-state index in [1.54, 1.807) is 6.07 Å². The molecule has 4 aliphatic rings. The highest BCUT2D eigenvalue weighted by Gasteiger charge is 2.46. The maximum atomic E-state index is 14.4. The first-order valence-electron chi connectivity index (χ1n) is 14.7. The summed E-state index contributed by atoms with van der Waals surface area (Å²) in [5.74, 6) is -0.327. The molecule has 6 rings (SSSR count). The van der Waals surface area contributed by atoms with Crippen LogP contribution in [0.4, 0.5) is 10.2 Å². The van der Waals surface area contributed by atoms with Crippen molar-refractivity contribution in [1.29, 1.82) is 0 Å². The second kappa shape index (κ2) is 11.5. The molecule has 1 aliphatic carbocycles. The summed E-state index contributed by atoms with van der Waals surface area (Å²) < 4.78 is 26.8. The largest absolute Gasteiger partial charge is 0.480 e. The van der Waals surface area contributed by atoms with E-state index in [1.807, 2.05) is 4.90 Å². The van der Waals surface area contributed by atoms with Crippen LogP contribution in [0.25, 0.3) is 0 Å². The number of likely N-dealkylation sites (tertiary alicyclic amines) is 1. The highest BCUT2D eigenvalue weighted by Crippen LogP contribution is 2.55. The van der Waals surface area contributed by atoms with E-state index in [1.165, 1.54) is 30.5 Å². The number of carboxylic acids is 1. The summed E-state index contributed by atoms with van der Waals surface area (Å²) >= 11 is 0. The van der Waals surface area contributed by atoms with Crippen molar-refractivity contribution in [1.82, 2.24) is 9.88 Å². The van der Waals surface area contributed by atoms with E-state index in [0.717, 1.165) is 75.0 Å². The number of aliphatic carboxylic acids is 1. The third-order valence-electron chi connectivity index (χ3n) is 9.08. The van der Waals surface area contributed by atoms with Gasteiger partial charge in [0.05, 0.1) is 18.8 Å². The number of benzene rings is 1. The van der Waals surface area contributed by atoms with Crippen molar-refractivity contribution in [2.24, 2.45) is 5.41 Å². The number of ether oxygens (including phenoxy) is 2. The van der Waals surface area contributed by atoms with Crippen molar-refractivity contribution >= 4 is 11.8 Å². The number of rotatable bonds is 10. The summed E-state index contributed by atoms with van der Waals surface area (Å²) in [6, 6.07) is 7.98. The van der Waals surface area contributed by atoms with Gasteiger partial charge in [0.25, 0.3) is 0 Å². The first-order chi connectivity index (χ1) is 19.0. The Morgan fingerprint density at radius 3 is 2.92 bits per heavy atom. The van der Waals surface area contributed by atoms with Crippen LogP contribution >= 0.6 is 0 Å². The number of halogens is 1. The molecule has 210 valence electrons. The Labute approximate surface area is 230 Å². The van der Waals surface area contributed by atoms with Crippen LogP contribution in [0.2, 0.25) is 0 Å². The van der Waals surface area contributed by atoms with Gasteiger partial charge in [-0.05, 0) is 105 Å². The molecule has 1 spiro atoms. The monoisotopic (exact) mass is 537 g/mol. The molecule has 1 aromatic heterocycles. The quantitative estimate of drug-likeness (QED) is 0.390. The fourth-order valence-electron chi connectivity index (χ4n) is 6.54. The first-order valence-corrected chi connectivity index (χ1v) is 14.7. The van der Waals surface area contributed by atoms with Gasteiger partial charge in [0.15, 0.2) is 0 Å². The van der Waals surface area contributed by atoms with Crippen LogP contribution in [0.5, 0.6) is 0 Å². The van der Waals surface area contributed by atoms with Crippen molar-refractivity contribution in [3.63, 3.8) is 0 Å². The number of fused-ring (bicyclic) bond motifs is 1. The lowest BCUT2D eigenvalue weighted by molar-refractivity contribution is -0.143. The molecule has 2 saturated heterocycles. The minimum atomic E-state index is -0.955. The number of unbranched alkanes of at least 4 members (excludes halogenated alkanes) is 1. The number of aryl methyl sites for hydroxylation is 2. The molecule has 4 heterocycles. The lowest BCUT2D eigenvalue weighted by atomic mass is 9.88. The predicted molar refractivity (Wildman–Crippen MR) is 146 cm³/mol. The molecule has 0 amide bonds. The Balaban J connectivity index is 1.02. The Hall–Kier alpha value is -2.55. The molecule has 0 bridgehead atoms. The summed E-state index contributed by atoms with van der Waals surface area (Å²) in [6.45, 7) is 3.49. The zero-order valence-corrected chi connectivity index (χ0v) is 22.7. The third kappa shape index (κ3) is 6.13. The summed E-state index contributed by atoms with van der Waals surface area (Å²) in [5.41, 5.74) is 4.10. The smallest absolute Gasteiger partial charge is 0.325 e. The van der Waals surface area contributed by atoms with Gasteiger partial charge in [-0.25, -0.2) is 9.37 Å². The number of carbonyl (C=O) groups is 1. The molecule has 3 atom stereocenters. The Morgan fingerprint density at radius 1 is 1.23 bits per heavy atom. The molecule has 3 fully saturated rings. The van der Waals surface area contributed by atoms with Crippen LogP contribution in [-0.2, 0) is 27.1 Å². The van der Waals surface area contributed by atoms with Crippen molar-refractivity contribution in [2.75, 3.05) is 38.2 Å². The van der Waals surface area contributed by atoms with Gasteiger partial charge in [-0.1, -0.05) is 12.1 Å². The van der Waals surface area contributed by atoms with Gasteiger partial charge in [-0.15, -0.1) is 0 Å². The Bertz CT molecular complexity index is 1180. The average molecular weight is 538 g/mol. The normalized spacial score (nSPS) is 24.7. The number of pyridine rings is 1. The van der Waals surface area contributed by atoms with Gasteiger partial charge in [0, 0.05) is 31.9 Å². The highest BCUT2D eigenvalue weighted by molar-refractivity contribution is 5.76. The van der Waals surface area contributed by atoms with Gasteiger partial charge in [-0.3, -0.25) is 9.69 Å². The van der Waals surface area contributed by atoms with E-state index in [0.29, 0.717) is 37.3 Å². The molecule has 39 heavy (non-hydrogen) atoms. The van der Waals surface area contributed by atoms with E-state index >= 15 is 0 Å². The summed E-state index contributed by atoms with van der Waals surface area (Å²) in [6.07, 6.45) is 10.1. The number of carboxylic acid groups (broad SMARTS) is 1. The summed E-state index contributed by atoms with van der Waals surface area (Å²) in [5, 5.41) is 13.6. The molecule has 2 N–H and O–H groups in total. The molecule has 7 nitrogen and oxygen atoms in total. The minimum absolute atomic E-state index is 0.0180. The second-order valence-corrected chi connectivity index (χ2v) is 11.9. The summed E-state index contributed by atoms with van der Waals surface area (Å²) in [7, 11) is 0. The molecule has 3 aliphatic heterocycles. The number of hydrogen-bond acceptors (Lipinski definition) is 6. The van der Waals surface area contributed by atoms with Crippen LogP contribution in [0.3, 0.4) is 0 Å². The van der Waals surface area contributed by atoms with E-state index in [-0.39, 0.29) is 12.2 Å². The average Bonchev–Trinajstić information content (AvgIpc) is 3.53. The molecule has 8 heteroatoms. The number of aromatic nitrogens is 1. The molecule has 2 aromatic rings. The lowest BCUT2D eigenvalue weighted by Gasteiger charge is -2.33. The van der Waals surface area contributed by atoms with Gasteiger partial charge in [-0.2, -0.15) is 0 Å². The molecule has 1 aromatic carbocycles. The van der Waals surface area contributed by atoms with Crippen LogP contribution in [0, 0.1) is 11.2 Å². The van der Waals surface area contributed by atoms with Crippen molar-refractivity contribution < 1.29 is 23.8 Å². The topological polar surface area (TPSA) is 83.9 Å². The van der Waals surface area contributed by atoms with Crippen LogP contribution in [-0.4, -0.2) is 59.9 Å². The number of nitrogens with zero attached hydrogens (tertiary/aromatic N) is 2. The van der Waals surface area contributed by atoms with Gasteiger partial charge >= 0.3 is 5.97 Å². The summed E-state index contributed by atoms with van der Waals surface area (Å²) in [4.78, 5) is 19.2. The zero-order valence-electron chi connectivity index (χ0n) is 22.7. The SMILES string of the molecule is O=C(O)C(c1cc(F)ccc1C1CCC2(CC2)CO1)N1CC[C@@H](OCCCCc2ccc3c(n2)NCCC3)C1. The zero-order chi connectivity index (χ0) is 26.8. The first kappa shape index (κ1) is 26.7. The van der Waals surface area contributed by atoms with E-state index in [4.69, 9.17) is 14.5 Å². The predicted octanol–water partition coefficient (Wildman–Crippen LogP) is 5.45. The van der Waals surface area contributed by atoms with E-state index < -0.39 is 17.8 Å². The van der Waals surface area contributed by atoms with Gasteiger partial charge in [0.2, 0.25) is 0 Å². The number of anilines is 1. The lowest BCUT2D eigenvalue weighted by Crippen LogP contribution is -2.35. The van der Waals surface area contributed by atoms with Crippen molar-refractivity contribution in [3.05, 3.63) is 58.5 Å². The number of nitrogens with one attached hydrogen (secondary N) is 1.